The van der Waals surface area contributed by atoms with Crippen molar-refractivity contribution in [1.29, 1.82) is 0 Å². The minimum absolute atomic E-state index is 0.0401. The third-order valence-electron chi connectivity index (χ3n) is 4.36. The van der Waals surface area contributed by atoms with E-state index in [0.717, 1.165) is 25.1 Å². The highest BCUT2D eigenvalue weighted by molar-refractivity contribution is 6.30. The van der Waals surface area contributed by atoms with Crippen LogP contribution in [0, 0.1) is 0 Å². The lowest BCUT2D eigenvalue weighted by Crippen LogP contribution is -2.52. The number of anilines is 1. The molecule has 3 rings (SSSR count). The van der Waals surface area contributed by atoms with Crippen molar-refractivity contribution >= 4 is 23.6 Å². The maximum atomic E-state index is 12.6. The lowest BCUT2D eigenvalue weighted by Gasteiger charge is -2.35. The average molecular weight is 360 g/mol. The zero-order valence-corrected chi connectivity index (χ0v) is 15.0. The predicted octanol–water partition coefficient (Wildman–Crippen LogP) is 3.11. The Morgan fingerprint density at radius 3 is 2.56 bits per heavy atom. The Bertz CT molecular complexity index is 704. The van der Waals surface area contributed by atoms with Crippen LogP contribution in [-0.2, 0) is 0 Å². The molecule has 2 heterocycles. The summed E-state index contributed by atoms with van der Waals surface area (Å²) in [6.45, 7) is 4.81. The normalized spacial score (nSPS) is 15.8. The van der Waals surface area contributed by atoms with Crippen LogP contribution in [-0.4, -0.2) is 47.1 Å². The third kappa shape index (κ3) is 4.39. The van der Waals surface area contributed by atoms with Gasteiger partial charge in [-0.2, -0.15) is 0 Å². The molecule has 1 unspecified atom stereocenters. The Kier molecular flexibility index (Phi) is 5.71. The molecular weight excluding hydrogens is 338 g/mol. The van der Waals surface area contributed by atoms with Crippen molar-refractivity contribution in [2.75, 3.05) is 31.1 Å². The van der Waals surface area contributed by atoms with E-state index in [0.29, 0.717) is 24.1 Å². The van der Waals surface area contributed by atoms with Gasteiger partial charge in [-0.15, -0.1) is 0 Å². The summed E-state index contributed by atoms with van der Waals surface area (Å²) < 4.78 is 0. The molecule has 1 fully saturated rings. The topological polar surface area (TPSA) is 61.4 Å². The molecule has 6 nitrogen and oxygen atoms in total. The van der Waals surface area contributed by atoms with E-state index >= 15 is 0 Å². The van der Waals surface area contributed by atoms with Crippen LogP contribution in [0.2, 0.25) is 5.02 Å². The molecule has 1 aromatic heterocycles. The Labute approximate surface area is 152 Å². The van der Waals surface area contributed by atoms with Crippen LogP contribution in [0.3, 0.4) is 0 Å². The summed E-state index contributed by atoms with van der Waals surface area (Å²) in [7, 11) is 0. The highest BCUT2D eigenvalue weighted by Gasteiger charge is 2.24. The Morgan fingerprint density at radius 2 is 1.92 bits per heavy atom. The number of hydrogen-bond donors (Lipinski definition) is 1. The lowest BCUT2D eigenvalue weighted by molar-refractivity contribution is 0.189. The summed E-state index contributed by atoms with van der Waals surface area (Å²) in [5.74, 6) is 0.716. The Balaban J connectivity index is 1.57. The van der Waals surface area contributed by atoms with Crippen molar-refractivity contribution in [2.24, 2.45) is 0 Å². The zero-order chi connectivity index (χ0) is 17.6. The summed E-state index contributed by atoms with van der Waals surface area (Å²) in [5, 5.41) is 3.80. The van der Waals surface area contributed by atoms with Gasteiger partial charge < -0.3 is 15.1 Å². The number of hydrogen-bond acceptors (Lipinski definition) is 4. The van der Waals surface area contributed by atoms with E-state index in [1.165, 1.54) is 0 Å². The second kappa shape index (κ2) is 8.16. The van der Waals surface area contributed by atoms with Gasteiger partial charge in [0.2, 0.25) is 5.95 Å². The van der Waals surface area contributed by atoms with Crippen LogP contribution in [0.25, 0.3) is 0 Å². The van der Waals surface area contributed by atoms with Gasteiger partial charge in [0.05, 0.1) is 6.04 Å². The quantitative estimate of drug-likeness (QED) is 0.911. The smallest absolute Gasteiger partial charge is 0.318 e. The summed E-state index contributed by atoms with van der Waals surface area (Å²) in [4.78, 5) is 25.1. The number of piperazine rings is 1. The number of carbonyl (C=O) groups is 1. The van der Waals surface area contributed by atoms with Crippen molar-refractivity contribution in [3.05, 3.63) is 53.3 Å². The molecule has 0 radical (unpaired) electrons. The highest BCUT2D eigenvalue weighted by Crippen LogP contribution is 2.21. The van der Waals surface area contributed by atoms with Gasteiger partial charge in [-0.1, -0.05) is 30.7 Å². The van der Waals surface area contributed by atoms with Crippen LogP contribution in [0.5, 0.6) is 0 Å². The highest BCUT2D eigenvalue weighted by atomic mass is 35.5. The van der Waals surface area contributed by atoms with Gasteiger partial charge >= 0.3 is 6.03 Å². The SMILES string of the molecule is CCC(NC(=O)N1CCN(c2ncccn2)CC1)c1cccc(Cl)c1. The van der Waals surface area contributed by atoms with Gasteiger partial charge in [-0.3, -0.25) is 0 Å². The molecule has 1 N–H and O–H groups in total. The number of amides is 2. The third-order valence-corrected chi connectivity index (χ3v) is 4.59. The molecule has 1 aliphatic rings. The van der Waals surface area contributed by atoms with E-state index in [9.17, 15) is 4.79 Å². The van der Waals surface area contributed by atoms with Gasteiger partial charge in [-0.05, 0) is 30.2 Å². The minimum atomic E-state index is -0.0412. The fourth-order valence-electron chi connectivity index (χ4n) is 2.95. The van der Waals surface area contributed by atoms with Crippen molar-refractivity contribution in [1.82, 2.24) is 20.2 Å². The first-order valence-electron chi connectivity index (χ1n) is 8.50. The molecule has 1 aromatic carbocycles. The molecule has 2 aromatic rings. The van der Waals surface area contributed by atoms with Gasteiger partial charge in [-0.25, -0.2) is 14.8 Å². The monoisotopic (exact) mass is 359 g/mol. The molecule has 1 aliphatic heterocycles. The summed E-state index contributed by atoms with van der Waals surface area (Å²) in [6.07, 6.45) is 4.28. The number of aromatic nitrogens is 2. The van der Waals surface area contributed by atoms with Crippen LogP contribution in [0.1, 0.15) is 24.9 Å². The fourth-order valence-corrected chi connectivity index (χ4v) is 3.15. The number of halogens is 1. The van der Waals surface area contributed by atoms with Gasteiger partial charge in [0.1, 0.15) is 0 Å². The summed E-state index contributed by atoms with van der Waals surface area (Å²) in [5.41, 5.74) is 1.03. The standard InChI is InChI=1S/C18H22ClN5O/c1-2-16(14-5-3-6-15(19)13-14)22-18(25)24-11-9-23(10-12-24)17-20-7-4-8-21-17/h3-8,13,16H,2,9-12H2,1H3,(H,22,25). The molecule has 0 saturated carbocycles. The molecule has 2 amide bonds. The first-order valence-corrected chi connectivity index (χ1v) is 8.88. The van der Waals surface area contributed by atoms with Crippen LogP contribution in [0.4, 0.5) is 10.7 Å². The van der Waals surface area contributed by atoms with Crippen molar-refractivity contribution in [3.63, 3.8) is 0 Å². The predicted molar refractivity (Wildman–Crippen MR) is 98.8 cm³/mol. The number of nitrogens with zero attached hydrogens (tertiary/aromatic N) is 4. The molecule has 0 bridgehead atoms. The Hall–Kier alpha value is -2.34. The van der Waals surface area contributed by atoms with Crippen molar-refractivity contribution < 1.29 is 4.79 Å². The summed E-state index contributed by atoms with van der Waals surface area (Å²) in [6, 6.07) is 9.36. The number of urea groups is 1. The zero-order valence-electron chi connectivity index (χ0n) is 14.2. The maximum absolute atomic E-state index is 12.6. The first-order chi connectivity index (χ1) is 12.2. The largest absolute Gasteiger partial charge is 0.337 e. The maximum Gasteiger partial charge on any atom is 0.318 e. The number of carbonyl (C=O) groups excluding carboxylic acids is 1. The molecule has 0 aliphatic carbocycles. The van der Waals surface area contributed by atoms with Gasteiger partial charge in [0, 0.05) is 43.6 Å². The van der Waals surface area contributed by atoms with Crippen molar-refractivity contribution in [3.8, 4) is 0 Å². The Morgan fingerprint density at radius 1 is 1.20 bits per heavy atom. The minimum Gasteiger partial charge on any atom is -0.337 e. The fraction of sp³-hybridized carbons (Fsp3) is 0.389. The first kappa shape index (κ1) is 17.5. The van der Waals surface area contributed by atoms with E-state index in [1.54, 1.807) is 18.5 Å². The van der Waals surface area contributed by atoms with E-state index in [2.05, 4.69) is 27.1 Å². The molecular formula is C18H22ClN5O. The van der Waals surface area contributed by atoms with E-state index in [-0.39, 0.29) is 12.1 Å². The molecule has 0 spiro atoms. The molecule has 25 heavy (non-hydrogen) atoms. The second-order valence-corrected chi connectivity index (χ2v) is 6.42. The van der Waals surface area contributed by atoms with Gasteiger partial charge in [0.25, 0.3) is 0 Å². The number of rotatable bonds is 4. The van der Waals surface area contributed by atoms with E-state index < -0.39 is 0 Å². The molecule has 7 heteroatoms. The lowest BCUT2D eigenvalue weighted by atomic mass is 10.0. The number of benzene rings is 1. The van der Waals surface area contributed by atoms with Crippen LogP contribution < -0.4 is 10.2 Å². The summed E-state index contributed by atoms with van der Waals surface area (Å²) >= 11 is 6.06. The average Bonchev–Trinajstić information content (AvgIpc) is 2.66. The van der Waals surface area contributed by atoms with E-state index in [1.807, 2.05) is 29.2 Å². The molecule has 1 atom stereocenters. The van der Waals surface area contributed by atoms with Gasteiger partial charge in [0.15, 0.2) is 0 Å². The van der Waals surface area contributed by atoms with E-state index in [4.69, 9.17) is 11.6 Å². The number of nitrogens with one attached hydrogen (secondary N) is 1. The van der Waals surface area contributed by atoms with Crippen molar-refractivity contribution in [2.45, 2.75) is 19.4 Å². The van der Waals surface area contributed by atoms with Crippen LogP contribution in [0.15, 0.2) is 42.7 Å². The second-order valence-electron chi connectivity index (χ2n) is 5.99. The molecule has 1 saturated heterocycles. The van der Waals surface area contributed by atoms with Crippen LogP contribution >= 0.6 is 11.6 Å². The molecule has 132 valence electrons.